The van der Waals surface area contributed by atoms with Gasteiger partial charge in [0.25, 0.3) is 0 Å². The summed E-state index contributed by atoms with van der Waals surface area (Å²) in [5, 5.41) is 17.0. The van der Waals surface area contributed by atoms with E-state index in [9.17, 15) is 5.11 Å². The maximum Gasteiger partial charge on any atom is 0.191 e. The molecule has 0 saturated carbocycles. The maximum absolute atomic E-state index is 9.94. The molecule has 0 atom stereocenters. The van der Waals surface area contributed by atoms with Crippen LogP contribution in [-0.2, 0) is 13.1 Å². The van der Waals surface area contributed by atoms with E-state index in [-0.39, 0.29) is 5.75 Å². The predicted molar refractivity (Wildman–Crippen MR) is 97.8 cm³/mol. The monoisotopic (exact) mass is 347 g/mol. The van der Waals surface area contributed by atoms with Crippen molar-refractivity contribution >= 4 is 17.6 Å². The summed E-state index contributed by atoms with van der Waals surface area (Å²) < 4.78 is 5.18. The van der Waals surface area contributed by atoms with Crippen LogP contribution in [0.4, 0.5) is 0 Å². The zero-order valence-electron chi connectivity index (χ0n) is 13.8. The van der Waals surface area contributed by atoms with Crippen LogP contribution in [0.5, 0.6) is 11.5 Å². The number of rotatable bonds is 6. The first-order chi connectivity index (χ1) is 11.6. The molecule has 0 aliphatic carbocycles. The lowest BCUT2D eigenvalue weighted by Crippen LogP contribution is -2.36. The molecular weight excluding hydrogens is 326 g/mol. The Morgan fingerprint density at radius 3 is 2.75 bits per heavy atom. The minimum Gasteiger partial charge on any atom is -0.508 e. The number of phenolic OH excluding ortho intramolecular Hbond substituents is 1. The molecule has 0 spiro atoms. The fraction of sp³-hybridized carbons (Fsp3) is 0.278. The Balaban J connectivity index is 2.04. The molecule has 0 heterocycles. The second-order valence-electron chi connectivity index (χ2n) is 5.17. The summed E-state index contributed by atoms with van der Waals surface area (Å²) in [5.41, 5.74) is 1.77. The van der Waals surface area contributed by atoms with Crippen molar-refractivity contribution in [2.24, 2.45) is 4.99 Å². The van der Waals surface area contributed by atoms with Gasteiger partial charge in [-0.3, -0.25) is 0 Å². The molecule has 5 nitrogen and oxygen atoms in total. The van der Waals surface area contributed by atoms with Gasteiger partial charge in [0.15, 0.2) is 5.96 Å². The second kappa shape index (κ2) is 9.03. The van der Waals surface area contributed by atoms with Gasteiger partial charge in [-0.1, -0.05) is 23.7 Å². The van der Waals surface area contributed by atoms with Gasteiger partial charge in [0.2, 0.25) is 0 Å². The number of benzene rings is 2. The fourth-order valence-electron chi connectivity index (χ4n) is 2.16. The van der Waals surface area contributed by atoms with Crippen molar-refractivity contribution < 1.29 is 9.84 Å². The first-order valence-corrected chi connectivity index (χ1v) is 8.12. The number of hydrogen-bond donors (Lipinski definition) is 3. The van der Waals surface area contributed by atoms with Gasteiger partial charge in [-0.15, -0.1) is 0 Å². The second-order valence-corrected chi connectivity index (χ2v) is 5.61. The average Bonchev–Trinajstić information content (AvgIpc) is 2.58. The molecule has 0 radical (unpaired) electrons. The summed E-state index contributed by atoms with van der Waals surface area (Å²) in [6.07, 6.45) is 0. The Morgan fingerprint density at radius 1 is 1.21 bits per heavy atom. The van der Waals surface area contributed by atoms with Crippen LogP contribution in [-0.4, -0.2) is 24.7 Å². The molecule has 0 aromatic heterocycles. The molecule has 0 bridgehead atoms. The van der Waals surface area contributed by atoms with Crippen LogP contribution in [0.1, 0.15) is 18.1 Å². The van der Waals surface area contributed by atoms with Crippen LogP contribution in [0.2, 0.25) is 5.02 Å². The molecule has 2 aromatic carbocycles. The molecule has 0 saturated heterocycles. The van der Waals surface area contributed by atoms with E-state index in [0.717, 1.165) is 17.7 Å². The minimum absolute atomic E-state index is 0.217. The molecular formula is C18H22ClN3O2. The van der Waals surface area contributed by atoms with Crippen LogP contribution in [0.25, 0.3) is 0 Å². The molecule has 0 unspecified atom stereocenters. The fourth-order valence-corrected chi connectivity index (χ4v) is 2.37. The highest BCUT2D eigenvalue weighted by Crippen LogP contribution is 2.22. The number of aromatic hydroxyl groups is 1. The van der Waals surface area contributed by atoms with E-state index < -0.39 is 0 Å². The average molecular weight is 348 g/mol. The number of guanidine groups is 1. The molecule has 24 heavy (non-hydrogen) atoms. The summed E-state index contributed by atoms with van der Waals surface area (Å²) in [4.78, 5) is 4.54. The smallest absolute Gasteiger partial charge is 0.191 e. The zero-order valence-corrected chi connectivity index (χ0v) is 14.6. The summed E-state index contributed by atoms with van der Waals surface area (Å²) in [6.45, 7) is 3.69. The molecule has 3 N–H and O–H groups in total. The van der Waals surface area contributed by atoms with Gasteiger partial charge < -0.3 is 20.5 Å². The SMILES string of the molecule is CCNC(=NCc1cccc(Cl)c1)NCc1cc(OC)ccc1O. The van der Waals surface area contributed by atoms with E-state index >= 15 is 0 Å². The van der Waals surface area contributed by atoms with Gasteiger partial charge in [0.05, 0.1) is 13.7 Å². The van der Waals surface area contributed by atoms with E-state index in [1.807, 2.05) is 31.2 Å². The molecule has 6 heteroatoms. The van der Waals surface area contributed by atoms with Crippen LogP contribution < -0.4 is 15.4 Å². The number of nitrogens with one attached hydrogen (secondary N) is 2. The third kappa shape index (κ3) is 5.35. The van der Waals surface area contributed by atoms with Crippen molar-refractivity contribution in [3.05, 3.63) is 58.6 Å². The van der Waals surface area contributed by atoms with Gasteiger partial charge in [-0.25, -0.2) is 4.99 Å². The van der Waals surface area contributed by atoms with Crippen molar-refractivity contribution in [1.82, 2.24) is 10.6 Å². The summed E-state index contributed by atoms with van der Waals surface area (Å²) >= 11 is 5.99. The minimum atomic E-state index is 0.217. The van der Waals surface area contributed by atoms with E-state index in [1.54, 1.807) is 25.3 Å². The molecule has 0 fully saturated rings. The van der Waals surface area contributed by atoms with Crippen molar-refractivity contribution in [3.8, 4) is 11.5 Å². The number of hydrogen-bond acceptors (Lipinski definition) is 3. The summed E-state index contributed by atoms with van der Waals surface area (Å²) in [7, 11) is 1.60. The Bertz CT molecular complexity index is 704. The molecule has 0 aliphatic rings. The summed E-state index contributed by atoms with van der Waals surface area (Å²) in [6, 6.07) is 12.7. The largest absolute Gasteiger partial charge is 0.508 e. The Hall–Kier alpha value is -2.40. The number of ether oxygens (including phenoxy) is 1. The van der Waals surface area contributed by atoms with E-state index in [4.69, 9.17) is 16.3 Å². The number of nitrogens with zero attached hydrogens (tertiary/aromatic N) is 1. The van der Waals surface area contributed by atoms with Crippen molar-refractivity contribution in [2.75, 3.05) is 13.7 Å². The van der Waals surface area contributed by atoms with Gasteiger partial charge in [0.1, 0.15) is 11.5 Å². The predicted octanol–water partition coefficient (Wildman–Crippen LogP) is 3.31. The van der Waals surface area contributed by atoms with E-state index in [0.29, 0.717) is 29.8 Å². The van der Waals surface area contributed by atoms with Crippen molar-refractivity contribution in [2.45, 2.75) is 20.0 Å². The van der Waals surface area contributed by atoms with Crippen LogP contribution >= 0.6 is 11.6 Å². The third-order valence-corrected chi connectivity index (χ3v) is 3.62. The van der Waals surface area contributed by atoms with Gasteiger partial charge in [-0.05, 0) is 42.8 Å². The first-order valence-electron chi connectivity index (χ1n) is 7.75. The van der Waals surface area contributed by atoms with E-state index in [1.165, 1.54) is 0 Å². The molecule has 128 valence electrons. The number of phenols is 1. The number of halogens is 1. The molecule has 0 amide bonds. The van der Waals surface area contributed by atoms with Crippen LogP contribution in [0.15, 0.2) is 47.5 Å². The standard InChI is InChI=1S/C18H22ClN3O2/c1-3-20-18(21-11-13-5-4-6-15(19)9-13)22-12-14-10-16(24-2)7-8-17(14)23/h4-10,23H,3,11-12H2,1-2H3,(H2,20,21,22). The lowest BCUT2D eigenvalue weighted by Gasteiger charge is -2.13. The highest BCUT2D eigenvalue weighted by atomic mass is 35.5. The highest BCUT2D eigenvalue weighted by molar-refractivity contribution is 6.30. The lowest BCUT2D eigenvalue weighted by molar-refractivity contribution is 0.410. The first kappa shape index (κ1) is 17.9. The third-order valence-electron chi connectivity index (χ3n) is 3.39. The molecule has 0 aliphatic heterocycles. The Labute approximate surface area is 147 Å². The van der Waals surface area contributed by atoms with E-state index in [2.05, 4.69) is 15.6 Å². The number of aliphatic imine (C=N–C) groups is 1. The van der Waals surface area contributed by atoms with Crippen molar-refractivity contribution in [1.29, 1.82) is 0 Å². The van der Waals surface area contributed by atoms with Crippen LogP contribution in [0, 0.1) is 0 Å². The summed E-state index contributed by atoms with van der Waals surface area (Å²) in [5.74, 6) is 1.58. The quantitative estimate of drug-likeness (QED) is 0.554. The van der Waals surface area contributed by atoms with Crippen molar-refractivity contribution in [3.63, 3.8) is 0 Å². The topological polar surface area (TPSA) is 65.9 Å². The Morgan fingerprint density at radius 2 is 2.04 bits per heavy atom. The number of methoxy groups -OCH3 is 1. The normalized spacial score (nSPS) is 11.2. The zero-order chi connectivity index (χ0) is 17.4. The van der Waals surface area contributed by atoms with Gasteiger partial charge in [-0.2, -0.15) is 0 Å². The lowest BCUT2D eigenvalue weighted by atomic mass is 10.2. The van der Waals surface area contributed by atoms with Crippen LogP contribution in [0.3, 0.4) is 0 Å². The molecule has 2 aromatic rings. The molecule has 2 rings (SSSR count). The van der Waals surface area contributed by atoms with Gasteiger partial charge in [0, 0.05) is 23.7 Å². The Kier molecular flexibility index (Phi) is 6.75. The van der Waals surface area contributed by atoms with Gasteiger partial charge >= 0.3 is 0 Å². The maximum atomic E-state index is 9.94. The highest BCUT2D eigenvalue weighted by Gasteiger charge is 2.05.